The third-order valence-corrected chi connectivity index (χ3v) is 3.96. The molecule has 0 aromatic carbocycles. The topological polar surface area (TPSA) is 84.2 Å². The van der Waals surface area contributed by atoms with Crippen LogP contribution in [-0.4, -0.2) is 30.9 Å². The number of carbonyl (C=O) groups is 2. The van der Waals surface area contributed by atoms with Gasteiger partial charge in [0.2, 0.25) is 11.8 Å². The second-order valence-electron chi connectivity index (χ2n) is 5.42. The first-order valence-electron chi connectivity index (χ1n) is 5.49. The monoisotopic (exact) mass is 227 g/mol. The maximum atomic E-state index is 11.5. The number of nitrogens with two attached hydrogens (primary N) is 1. The summed E-state index contributed by atoms with van der Waals surface area (Å²) in [7, 11) is 0. The minimum absolute atomic E-state index is 0.00130. The van der Waals surface area contributed by atoms with Crippen LogP contribution >= 0.6 is 0 Å². The van der Waals surface area contributed by atoms with E-state index in [0.29, 0.717) is 0 Å². The summed E-state index contributed by atoms with van der Waals surface area (Å²) in [4.78, 5) is 22.4. The summed E-state index contributed by atoms with van der Waals surface area (Å²) < 4.78 is 0. The molecule has 0 aromatic heterocycles. The Hall–Kier alpha value is -1.10. The quantitative estimate of drug-likeness (QED) is 0.611. The van der Waals surface area contributed by atoms with Crippen molar-refractivity contribution in [1.82, 2.24) is 10.6 Å². The van der Waals surface area contributed by atoms with Gasteiger partial charge < -0.3 is 16.4 Å². The molecular formula is C11H21N3O2. The van der Waals surface area contributed by atoms with Gasteiger partial charge >= 0.3 is 0 Å². The summed E-state index contributed by atoms with van der Waals surface area (Å²) in [6.45, 7) is 8.39. The molecule has 2 amide bonds. The summed E-state index contributed by atoms with van der Waals surface area (Å²) in [5.41, 5.74) is 5.34. The van der Waals surface area contributed by atoms with Gasteiger partial charge in [0.05, 0.1) is 13.1 Å². The molecular weight excluding hydrogens is 206 g/mol. The molecule has 0 saturated heterocycles. The molecule has 5 heteroatoms. The lowest BCUT2D eigenvalue weighted by atomic mass is 10.0. The Balaban J connectivity index is 2.35. The summed E-state index contributed by atoms with van der Waals surface area (Å²) in [5.74, 6) is -0.477. The zero-order chi connectivity index (χ0) is 12.6. The first-order chi connectivity index (χ1) is 7.23. The van der Waals surface area contributed by atoms with Crippen LogP contribution in [0.25, 0.3) is 0 Å². The van der Waals surface area contributed by atoms with E-state index < -0.39 is 0 Å². The lowest BCUT2D eigenvalue weighted by Crippen LogP contribution is -2.41. The van der Waals surface area contributed by atoms with Crippen LogP contribution in [0.1, 0.15) is 27.7 Å². The SMILES string of the molecule is CC1(C)C(NC(=O)CNC(=O)CN)C1(C)C. The molecule has 0 unspecified atom stereocenters. The highest BCUT2D eigenvalue weighted by Gasteiger charge is 2.65. The highest BCUT2D eigenvalue weighted by Crippen LogP contribution is 2.62. The second kappa shape index (κ2) is 4.05. The molecule has 1 aliphatic carbocycles. The number of amides is 2. The largest absolute Gasteiger partial charge is 0.351 e. The van der Waals surface area contributed by atoms with Crippen molar-refractivity contribution >= 4 is 11.8 Å². The number of rotatable bonds is 4. The molecule has 1 saturated carbocycles. The summed E-state index contributed by atoms with van der Waals surface area (Å²) >= 11 is 0. The molecule has 0 aliphatic heterocycles. The van der Waals surface area contributed by atoms with Crippen molar-refractivity contribution in [2.24, 2.45) is 16.6 Å². The van der Waals surface area contributed by atoms with Crippen molar-refractivity contribution in [3.8, 4) is 0 Å². The average Bonchev–Trinajstić information content (AvgIpc) is 2.57. The summed E-state index contributed by atoms with van der Waals surface area (Å²) in [5, 5.41) is 5.36. The highest BCUT2D eigenvalue weighted by atomic mass is 16.2. The molecule has 0 bridgehead atoms. The molecule has 4 N–H and O–H groups in total. The minimum atomic E-state index is -0.315. The van der Waals surface area contributed by atoms with Crippen LogP contribution < -0.4 is 16.4 Å². The first kappa shape index (κ1) is 13.0. The van der Waals surface area contributed by atoms with E-state index in [9.17, 15) is 9.59 Å². The van der Waals surface area contributed by atoms with Crippen LogP contribution in [0.4, 0.5) is 0 Å². The molecule has 1 aliphatic rings. The van der Waals surface area contributed by atoms with Gasteiger partial charge in [0.1, 0.15) is 0 Å². The lowest BCUT2D eigenvalue weighted by Gasteiger charge is -2.07. The molecule has 16 heavy (non-hydrogen) atoms. The molecule has 0 heterocycles. The Morgan fingerprint density at radius 1 is 1.12 bits per heavy atom. The molecule has 92 valence electrons. The van der Waals surface area contributed by atoms with Gasteiger partial charge in [0, 0.05) is 6.04 Å². The van der Waals surface area contributed by atoms with Crippen LogP contribution in [0.15, 0.2) is 0 Å². The fourth-order valence-corrected chi connectivity index (χ4v) is 2.02. The van der Waals surface area contributed by atoms with E-state index in [1.807, 2.05) is 0 Å². The van der Waals surface area contributed by atoms with Crippen molar-refractivity contribution in [1.29, 1.82) is 0 Å². The number of carbonyl (C=O) groups excluding carboxylic acids is 2. The third-order valence-electron chi connectivity index (χ3n) is 3.96. The van der Waals surface area contributed by atoms with Gasteiger partial charge in [-0.05, 0) is 10.8 Å². The molecule has 0 spiro atoms. The average molecular weight is 227 g/mol. The van der Waals surface area contributed by atoms with E-state index in [1.54, 1.807) is 0 Å². The Morgan fingerprint density at radius 3 is 2.00 bits per heavy atom. The number of nitrogens with one attached hydrogen (secondary N) is 2. The van der Waals surface area contributed by atoms with E-state index >= 15 is 0 Å². The zero-order valence-corrected chi connectivity index (χ0v) is 10.4. The number of hydrogen-bond acceptors (Lipinski definition) is 3. The maximum Gasteiger partial charge on any atom is 0.239 e. The summed E-state index contributed by atoms with van der Waals surface area (Å²) in [6, 6.07) is 0.169. The van der Waals surface area contributed by atoms with E-state index in [2.05, 4.69) is 38.3 Å². The van der Waals surface area contributed by atoms with Gasteiger partial charge in [0.15, 0.2) is 0 Å². The Labute approximate surface area is 96.1 Å². The van der Waals surface area contributed by atoms with E-state index in [0.717, 1.165) is 0 Å². The van der Waals surface area contributed by atoms with Gasteiger partial charge in [-0.3, -0.25) is 9.59 Å². The van der Waals surface area contributed by atoms with Gasteiger partial charge in [-0.25, -0.2) is 0 Å². The van der Waals surface area contributed by atoms with Crippen LogP contribution in [0.2, 0.25) is 0 Å². The van der Waals surface area contributed by atoms with Crippen molar-refractivity contribution < 1.29 is 9.59 Å². The van der Waals surface area contributed by atoms with Crippen LogP contribution in [0, 0.1) is 10.8 Å². The first-order valence-corrected chi connectivity index (χ1v) is 5.49. The standard InChI is InChI=1S/C11H21N3O2/c1-10(2)9(11(10,3)4)14-8(16)6-13-7(15)5-12/h9H,5-6,12H2,1-4H3,(H,13,15)(H,14,16). The maximum absolute atomic E-state index is 11.5. The Bertz CT molecular complexity index is 296. The predicted molar refractivity (Wildman–Crippen MR) is 61.6 cm³/mol. The molecule has 5 nitrogen and oxygen atoms in total. The second-order valence-corrected chi connectivity index (χ2v) is 5.42. The van der Waals surface area contributed by atoms with Gasteiger partial charge in [0.25, 0.3) is 0 Å². The normalized spacial score (nSPS) is 21.3. The van der Waals surface area contributed by atoms with Crippen LogP contribution in [0.5, 0.6) is 0 Å². The Morgan fingerprint density at radius 2 is 1.62 bits per heavy atom. The number of hydrogen-bond donors (Lipinski definition) is 3. The zero-order valence-electron chi connectivity index (χ0n) is 10.4. The molecule has 0 atom stereocenters. The van der Waals surface area contributed by atoms with Gasteiger partial charge in [-0.1, -0.05) is 27.7 Å². The Kier molecular flexibility index (Phi) is 3.28. The van der Waals surface area contributed by atoms with Crippen molar-refractivity contribution in [3.63, 3.8) is 0 Å². The minimum Gasteiger partial charge on any atom is -0.351 e. The van der Waals surface area contributed by atoms with Crippen LogP contribution in [0.3, 0.4) is 0 Å². The van der Waals surface area contributed by atoms with Crippen molar-refractivity contribution in [2.45, 2.75) is 33.7 Å². The van der Waals surface area contributed by atoms with Crippen LogP contribution in [-0.2, 0) is 9.59 Å². The lowest BCUT2D eigenvalue weighted by molar-refractivity contribution is -0.125. The smallest absolute Gasteiger partial charge is 0.239 e. The molecule has 1 fully saturated rings. The summed E-state index contributed by atoms with van der Waals surface area (Å²) in [6.07, 6.45) is 0. The van der Waals surface area contributed by atoms with E-state index in [1.165, 1.54) is 0 Å². The molecule has 0 aromatic rings. The molecule has 0 radical (unpaired) electrons. The highest BCUT2D eigenvalue weighted by molar-refractivity contribution is 5.85. The fourth-order valence-electron chi connectivity index (χ4n) is 2.02. The predicted octanol–water partition coefficient (Wildman–Crippen LogP) is -0.388. The third kappa shape index (κ3) is 2.19. The van der Waals surface area contributed by atoms with Crippen molar-refractivity contribution in [2.75, 3.05) is 13.1 Å². The fraction of sp³-hybridized carbons (Fsp3) is 0.818. The molecule has 1 rings (SSSR count). The van der Waals surface area contributed by atoms with Gasteiger partial charge in [-0.2, -0.15) is 0 Å². The van der Waals surface area contributed by atoms with Crippen molar-refractivity contribution in [3.05, 3.63) is 0 Å². The van der Waals surface area contributed by atoms with E-state index in [4.69, 9.17) is 5.73 Å². The van der Waals surface area contributed by atoms with Gasteiger partial charge in [-0.15, -0.1) is 0 Å². The van der Waals surface area contributed by atoms with E-state index in [-0.39, 0.29) is 41.8 Å².